The van der Waals surface area contributed by atoms with Gasteiger partial charge in [0.25, 0.3) is 11.8 Å². The molecule has 0 spiro atoms. The fourth-order valence-corrected chi connectivity index (χ4v) is 4.01. The van der Waals surface area contributed by atoms with Gasteiger partial charge in [-0.3, -0.25) is 9.59 Å². The van der Waals surface area contributed by atoms with Crippen molar-refractivity contribution in [3.8, 4) is 5.75 Å². The third-order valence-corrected chi connectivity index (χ3v) is 5.63. The largest absolute Gasteiger partial charge is 0.494 e. The fraction of sp³-hybridized carbons (Fsp3) is 0.174. The van der Waals surface area contributed by atoms with Crippen LogP contribution < -0.4 is 15.4 Å². The van der Waals surface area contributed by atoms with E-state index in [4.69, 9.17) is 9.47 Å². The molecule has 3 aromatic rings. The van der Waals surface area contributed by atoms with E-state index in [1.54, 1.807) is 61.5 Å². The first-order chi connectivity index (χ1) is 14.9. The predicted octanol–water partition coefficient (Wildman–Crippen LogP) is 4.75. The van der Waals surface area contributed by atoms with Gasteiger partial charge in [-0.15, -0.1) is 11.3 Å². The Kier molecular flexibility index (Phi) is 7.04. The number of methoxy groups -OCH3 is 1. The first-order valence-corrected chi connectivity index (χ1v) is 10.4. The number of hydrogen-bond acceptors (Lipinski definition) is 6. The van der Waals surface area contributed by atoms with E-state index in [1.807, 2.05) is 6.92 Å². The number of hydrogen-bond donors (Lipinski definition) is 2. The molecule has 0 atom stereocenters. The first kappa shape index (κ1) is 22.0. The van der Waals surface area contributed by atoms with Gasteiger partial charge in [0.1, 0.15) is 10.8 Å². The van der Waals surface area contributed by atoms with Crippen LogP contribution in [0.5, 0.6) is 5.75 Å². The SMILES string of the molecule is CCOc1ccc(NC(=O)c2sc(NC(=O)c3ccccc3)c(C(=O)OC)c2C)cc1. The van der Waals surface area contributed by atoms with E-state index < -0.39 is 11.9 Å². The summed E-state index contributed by atoms with van der Waals surface area (Å²) in [5.41, 5.74) is 1.61. The van der Waals surface area contributed by atoms with Crippen LogP contribution in [0, 0.1) is 6.92 Å². The lowest BCUT2D eigenvalue weighted by atomic mass is 10.1. The van der Waals surface area contributed by atoms with Crippen LogP contribution in [-0.2, 0) is 4.74 Å². The van der Waals surface area contributed by atoms with Gasteiger partial charge in [0, 0.05) is 11.3 Å². The van der Waals surface area contributed by atoms with Gasteiger partial charge in [-0.1, -0.05) is 18.2 Å². The second kappa shape index (κ2) is 9.90. The van der Waals surface area contributed by atoms with Crippen LogP contribution in [0.25, 0.3) is 0 Å². The normalized spacial score (nSPS) is 10.3. The van der Waals surface area contributed by atoms with E-state index >= 15 is 0 Å². The Hall–Kier alpha value is -3.65. The third-order valence-electron chi connectivity index (χ3n) is 4.43. The molecule has 0 fully saturated rings. The van der Waals surface area contributed by atoms with E-state index in [1.165, 1.54) is 7.11 Å². The standard InChI is InChI=1S/C23H22N2O5S/c1-4-30-17-12-10-16(11-13-17)24-21(27)19-14(2)18(23(28)29-3)22(31-19)25-20(26)15-8-6-5-7-9-15/h5-13H,4H2,1-3H3,(H,24,27)(H,25,26). The van der Waals surface area contributed by atoms with Crippen molar-refractivity contribution in [1.29, 1.82) is 0 Å². The highest BCUT2D eigenvalue weighted by atomic mass is 32.1. The van der Waals surface area contributed by atoms with Gasteiger partial charge < -0.3 is 20.1 Å². The maximum Gasteiger partial charge on any atom is 0.341 e. The molecule has 7 nitrogen and oxygen atoms in total. The molecule has 0 bridgehead atoms. The Labute approximate surface area is 184 Å². The number of nitrogens with one attached hydrogen (secondary N) is 2. The number of carbonyl (C=O) groups is 3. The van der Waals surface area contributed by atoms with E-state index in [2.05, 4.69) is 10.6 Å². The number of benzene rings is 2. The van der Waals surface area contributed by atoms with Crippen LogP contribution in [0.3, 0.4) is 0 Å². The lowest BCUT2D eigenvalue weighted by Crippen LogP contribution is -2.14. The second-order valence-electron chi connectivity index (χ2n) is 6.48. The molecule has 0 aliphatic rings. The van der Waals surface area contributed by atoms with Crippen molar-refractivity contribution in [2.45, 2.75) is 13.8 Å². The van der Waals surface area contributed by atoms with Gasteiger partial charge in [0.05, 0.1) is 24.2 Å². The molecule has 0 unspecified atom stereocenters. The molecule has 1 heterocycles. The summed E-state index contributed by atoms with van der Waals surface area (Å²) in [6.45, 7) is 4.09. The van der Waals surface area contributed by atoms with Crippen LogP contribution in [0.4, 0.5) is 10.7 Å². The molecule has 8 heteroatoms. The first-order valence-electron chi connectivity index (χ1n) is 9.56. The van der Waals surface area contributed by atoms with Gasteiger partial charge in [-0.25, -0.2) is 4.79 Å². The van der Waals surface area contributed by atoms with Gasteiger partial charge in [0.2, 0.25) is 0 Å². The van der Waals surface area contributed by atoms with Crippen molar-refractivity contribution >= 4 is 39.8 Å². The Morgan fingerprint density at radius 1 is 0.935 bits per heavy atom. The second-order valence-corrected chi connectivity index (χ2v) is 7.50. The monoisotopic (exact) mass is 438 g/mol. The van der Waals surface area contributed by atoms with E-state index in [9.17, 15) is 14.4 Å². The Bertz CT molecular complexity index is 1090. The van der Waals surface area contributed by atoms with Crippen LogP contribution in [0.15, 0.2) is 54.6 Å². The number of esters is 1. The number of amides is 2. The highest BCUT2D eigenvalue weighted by Gasteiger charge is 2.26. The molecule has 0 aliphatic heterocycles. The molecule has 31 heavy (non-hydrogen) atoms. The van der Waals surface area contributed by atoms with Crippen molar-refractivity contribution in [3.63, 3.8) is 0 Å². The lowest BCUT2D eigenvalue weighted by Gasteiger charge is -2.07. The highest BCUT2D eigenvalue weighted by molar-refractivity contribution is 7.19. The molecule has 0 aliphatic carbocycles. The summed E-state index contributed by atoms with van der Waals surface area (Å²) >= 11 is 1.02. The van der Waals surface area contributed by atoms with E-state index in [0.29, 0.717) is 34.0 Å². The highest BCUT2D eigenvalue weighted by Crippen LogP contribution is 2.34. The topological polar surface area (TPSA) is 93.7 Å². The van der Waals surface area contributed by atoms with E-state index in [-0.39, 0.29) is 16.5 Å². The average Bonchev–Trinajstić information content (AvgIpc) is 3.11. The Balaban J connectivity index is 1.87. The Morgan fingerprint density at radius 2 is 1.61 bits per heavy atom. The predicted molar refractivity (Wildman–Crippen MR) is 120 cm³/mol. The van der Waals surface area contributed by atoms with Gasteiger partial charge in [-0.2, -0.15) is 0 Å². The summed E-state index contributed by atoms with van der Waals surface area (Å²) in [5, 5.41) is 5.79. The summed E-state index contributed by atoms with van der Waals surface area (Å²) < 4.78 is 10.3. The molecule has 2 amide bonds. The Morgan fingerprint density at radius 3 is 2.23 bits per heavy atom. The van der Waals surface area contributed by atoms with Crippen molar-refractivity contribution in [2.75, 3.05) is 24.4 Å². The number of thiophene rings is 1. The summed E-state index contributed by atoms with van der Waals surface area (Å²) in [6.07, 6.45) is 0. The van der Waals surface area contributed by atoms with Crippen LogP contribution >= 0.6 is 11.3 Å². The number of ether oxygens (including phenoxy) is 2. The number of carbonyl (C=O) groups excluding carboxylic acids is 3. The average molecular weight is 439 g/mol. The quantitative estimate of drug-likeness (QED) is 0.520. The maximum absolute atomic E-state index is 12.9. The zero-order chi connectivity index (χ0) is 22.4. The van der Waals surface area contributed by atoms with Gasteiger partial charge in [-0.05, 0) is 55.8 Å². The minimum atomic E-state index is -0.628. The van der Waals surface area contributed by atoms with Gasteiger partial charge in [0.15, 0.2) is 0 Å². The minimum Gasteiger partial charge on any atom is -0.494 e. The van der Waals surface area contributed by atoms with Crippen molar-refractivity contribution < 1.29 is 23.9 Å². The molecule has 2 aromatic carbocycles. The number of rotatable bonds is 7. The fourth-order valence-electron chi connectivity index (χ4n) is 2.92. The van der Waals surface area contributed by atoms with Crippen molar-refractivity contribution in [1.82, 2.24) is 0 Å². The smallest absolute Gasteiger partial charge is 0.341 e. The number of anilines is 2. The van der Waals surface area contributed by atoms with Crippen molar-refractivity contribution in [3.05, 3.63) is 76.2 Å². The van der Waals surface area contributed by atoms with E-state index in [0.717, 1.165) is 11.3 Å². The molecule has 2 N–H and O–H groups in total. The molecule has 160 valence electrons. The van der Waals surface area contributed by atoms with Gasteiger partial charge >= 0.3 is 5.97 Å². The summed E-state index contributed by atoms with van der Waals surface area (Å²) in [7, 11) is 1.25. The summed E-state index contributed by atoms with van der Waals surface area (Å²) in [4.78, 5) is 38.1. The molecule has 3 rings (SSSR count). The minimum absolute atomic E-state index is 0.161. The third kappa shape index (κ3) is 5.10. The lowest BCUT2D eigenvalue weighted by molar-refractivity contribution is 0.0601. The zero-order valence-electron chi connectivity index (χ0n) is 17.4. The molecule has 1 aromatic heterocycles. The molecular weight excluding hydrogens is 416 g/mol. The van der Waals surface area contributed by atoms with Crippen LogP contribution in [0.2, 0.25) is 0 Å². The zero-order valence-corrected chi connectivity index (χ0v) is 18.2. The molecule has 0 saturated heterocycles. The summed E-state index contributed by atoms with van der Waals surface area (Å²) in [5.74, 6) is -0.702. The van der Waals surface area contributed by atoms with Crippen molar-refractivity contribution in [2.24, 2.45) is 0 Å². The van der Waals surface area contributed by atoms with Crippen LogP contribution in [-0.4, -0.2) is 31.5 Å². The van der Waals surface area contributed by atoms with Crippen LogP contribution in [0.1, 0.15) is 42.9 Å². The molecule has 0 saturated carbocycles. The summed E-state index contributed by atoms with van der Waals surface area (Å²) in [6, 6.07) is 15.6. The maximum atomic E-state index is 12.9. The molecule has 0 radical (unpaired) electrons. The molecular formula is C23H22N2O5S.